The van der Waals surface area contributed by atoms with Gasteiger partial charge < -0.3 is 15.8 Å². The zero-order valence-electron chi connectivity index (χ0n) is 13.8. The van der Waals surface area contributed by atoms with Crippen LogP contribution in [0.1, 0.15) is 51.0 Å². The molecule has 1 aromatic carbocycles. The van der Waals surface area contributed by atoms with E-state index in [1.54, 1.807) is 24.3 Å². The first-order valence-electron chi connectivity index (χ1n) is 7.86. The van der Waals surface area contributed by atoms with Crippen LogP contribution in [0.25, 0.3) is 0 Å². The normalized spacial score (nSPS) is 10.1. The average Bonchev–Trinajstić information content (AvgIpc) is 2.62. The number of rotatable bonds is 7. The van der Waals surface area contributed by atoms with Gasteiger partial charge in [0.05, 0.1) is 23.4 Å². The second kappa shape index (κ2) is 8.58. The van der Waals surface area contributed by atoms with Crippen molar-refractivity contribution in [1.82, 2.24) is 4.98 Å². The highest BCUT2D eigenvalue weighted by atomic mass is 16.5. The molecule has 0 saturated heterocycles. The van der Waals surface area contributed by atoms with E-state index in [9.17, 15) is 14.4 Å². The summed E-state index contributed by atoms with van der Waals surface area (Å²) < 4.78 is 5.18. The number of esters is 1. The van der Waals surface area contributed by atoms with Crippen LogP contribution in [0.3, 0.4) is 0 Å². The first-order chi connectivity index (χ1) is 12.0. The van der Waals surface area contributed by atoms with Crippen molar-refractivity contribution in [3.8, 4) is 0 Å². The lowest BCUT2D eigenvalue weighted by molar-refractivity contribution is 0.0501. The summed E-state index contributed by atoms with van der Waals surface area (Å²) in [7, 11) is 0. The van der Waals surface area contributed by atoms with Crippen LogP contribution in [0.5, 0.6) is 0 Å². The topological polar surface area (TPSA) is 111 Å². The number of nitrogens with zero attached hydrogens (tertiary/aromatic N) is 1. The van der Waals surface area contributed by atoms with Gasteiger partial charge in [0.1, 0.15) is 5.69 Å². The number of benzene rings is 1. The predicted octanol–water partition coefficient (Wildman–Crippen LogP) is 2.39. The van der Waals surface area contributed by atoms with Gasteiger partial charge in [-0.1, -0.05) is 25.5 Å². The Hall–Kier alpha value is -3.22. The number of carbonyl (C=O) groups is 3. The molecule has 0 aliphatic heterocycles. The van der Waals surface area contributed by atoms with Gasteiger partial charge in [-0.05, 0) is 30.7 Å². The van der Waals surface area contributed by atoms with E-state index in [4.69, 9.17) is 10.5 Å². The minimum absolute atomic E-state index is 0.0662. The molecule has 7 heteroatoms. The first-order valence-corrected chi connectivity index (χ1v) is 7.86. The molecule has 25 heavy (non-hydrogen) atoms. The van der Waals surface area contributed by atoms with Gasteiger partial charge >= 0.3 is 5.97 Å². The van der Waals surface area contributed by atoms with Crippen molar-refractivity contribution in [2.45, 2.75) is 19.8 Å². The molecule has 0 spiro atoms. The quantitative estimate of drug-likeness (QED) is 0.593. The summed E-state index contributed by atoms with van der Waals surface area (Å²) in [5, 5.41) is 2.65. The summed E-state index contributed by atoms with van der Waals surface area (Å²) in [6.07, 6.45) is 2.94. The Morgan fingerprint density at radius 3 is 2.56 bits per heavy atom. The minimum Gasteiger partial charge on any atom is -0.462 e. The van der Waals surface area contributed by atoms with Gasteiger partial charge in [0.2, 0.25) is 0 Å². The number of carbonyl (C=O) groups excluding carboxylic acids is 3. The Bertz CT molecular complexity index is 772. The van der Waals surface area contributed by atoms with E-state index in [1.807, 2.05) is 6.92 Å². The fourth-order valence-electron chi connectivity index (χ4n) is 2.03. The number of nitrogens with one attached hydrogen (secondary N) is 1. The highest BCUT2D eigenvalue weighted by Crippen LogP contribution is 2.17. The predicted molar refractivity (Wildman–Crippen MR) is 92.3 cm³/mol. The summed E-state index contributed by atoms with van der Waals surface area (Å²) in [5.74, 6) is -1.63. The van der Waals surface area contributed by atoms with Crippen LogP contribution in [0.4, 0.5) is 5.69 Å². The van der Waals surface area contributed by atoms with E-state index in [0.717, 1.165) is 12.8 Å². The maximum absolute atomic E-state index is 12.3. The number of para-hydroxylation sites is 1. The number of hydrogen-bond acceptors (Lipinski definition) is 5. The molecule has 7 nitrogen and oxygen atoms in total. The summed E-state index contributed by atoms with van der Waals surface area (Å²) in [6.45, 7) is 2.33. The van der Waals surface area contributed by atoms with Crippen molar-refractivity contribution < 1.29 is 19.1 Å². The molecule has 1 aromatic heterocycles. The van der Waals surface area contributed by atoms with Crippen molar-refractivity contribution in [2.75, 3.05) is 11.9 Å². The Morgan fingerprint density at radius 1 is 1.16 bits per heavy atom. The molecule has 0 aliphatic carbocycles. The standard InChI is InChI=1S/C18H19N3O4/c1-2-3-10-25-18(24)13-6-4-5-7-14(13)21-17(23)12-8-9-15(16(19)22)20-11-12/h4-9,11H,2-3,10H2,1H3,(H2,19,22)(H,21,23). The highest BCUT2D eigenvalue weighted by molar-refractivity contribution is 6.08. The Morgan fingerprint density at radius 2 is 1.92 bits per heavy atom. The van der Waals surface area contributed by atoms with Crippen LogP contribution in [0.15, 0.2) is 42.6 Å². The maximum atomic E-state index is 12.3. The number of hydrogen-bond donors (Lipinski definition) is 2. The third-order valence-corrected chi connectivity index (χ3v) is 3.40. The number of ether oxygens (including phenoxy) is 1. The maximum Gasteiger partial charge on any atom is 0.340 e. The van der Waals surface area contributed by atoms with Gasteiger partial charge in [-0.2, -0.15) is 0 Å². The molecule has 1 heterocycles. The number of amides is 2. The van der Waals surface area contributed by atoms with E-state index in [1.165, 1.54) is 18.3 Å². The molecule has 0 bridgehead atoms. The van der Waals surface area contributed by atoms with Crippen molar-refractivity contribution in [2.24, 2.45) is 5.73 Å². The molecule has 2 amide bonds. The van der Waals surface area contributed by atoms with Gasteiger partial charge in [-0.15, -0.1) is 0 Å². The van der Waals surface area contributed by atoms with Crippen molar-refractivity contribution in [1.29, 1.82) is 0 Å². The molecule has 2 aromatic rings. The second-order valence-electron chi connectivity index (χ2n) is 5.29. The van der Waals surface area contributed by atoms with E-state index in [0.29, 0.717) is 12.3 Å². The van der Waals surface area contributed by atoms with Crippen LogP contribution in [-0.4, -0.2) is 29.4 Å². The molecule has 130 valence electrons. The number of nitrogens with two attached hydrogens (primary N) is 1. The van der Waals surface area contributed by atoms with Gasteiger partial charge in [-0.25, -0.2) is 4.79 Å². The van der Waals surface area contributed by atoms with Crippen LogP contribution < -0.4 is 11.1 Å². The fraction of sp³-hybridized carbons (Fsp3) is 0.222. The monoisotopic (exact) mass is 341 g/mol. The number of aromatic nitrogens is 1. The second-order valence-corrected chi connectivity index (χ2v) is 5.29. The average molecular weight is 341 g/mol. The molecular formula is C18H19N3O4. The molecule has 0 fully saturated rings. The van der Waals surface area contributed by atoms with E-state index < -0.39 is 17.8 Å². The van der Waals surface area contributed by atoms with Gasteiger partial charge in [-0.3, -0.25) is 14.6 Å². The smallest absolute Gasteiger partial charge is 0.340 e. The van der Waals surface area contributed by atoms with Crippen LogP contribution >= 0.6 is 0 Å². The zero-order chi connectivity index (χ0) is 18.2. The fourth-order valence-corrected chi connectivity index (χ4v) is 2.03. The van der Waals surface area contributed by atoms with E-state index in [2.05, 4.69) is 10.3 Å². The molecule has 0 saturated carbocycles. The third-order valence-electron chi connectivity index (χ3n) is 3.40. The Labute approximate surface area is 145 Å². The lowest BCUT2D eigenvalue weighted by Crippen LogP contribution is -2.17. The lowest BCUT2D eigenvalue weighted by atomic mass is 10.1. The minimum atomic E-state index is -0.674. The lowest BCUT2D eigenvalue weighted by Gasteiger charge is -2.11. The molecule has 0 atom stereocenters. The number of unbranched alkanes of at least 4 members (excludes halogenated alkanes) is 1. The number of primary amides is 1. The van der Waals surface area contributed by atoms with Gasteiger partial charge in [0.15, 0.2) is 0 Å². The third kappa shape index (κ3) is 4.87. The van der Waals surface area contributed by atoms with Crippen LogP contribution in [-0.2, 0) is 4.74 Å². The summed E-state index contributed by atoms with van der Waals surface area (Å²) in [5.41, 5.74) is 6.03. The van der Waals surface area contributed by atoms with Crippen molar-refractivity contribution in [3.63, 3.8) is 0 Å². The van der Waals surface area contributed by atoms with E-state index in [-0.39, 0.29) is 16.8 Å². The van der Waals surface area contributed by atoms with Crippen LogP contribution in [0.2, 0.25) is 0 Å². The molecule has 0 radical (unpaired) electrons. The number of anilines is 1. The summed E-state index contributed by atoms with van der Waals surface area (Å²) in [6, 6.07) is 9.38. The molecular weight excluding hydrogens is 322 g/mol. The number of pyridine rings is 1. The Kier molecular flexibility index (Phi) is 6.22. The highest BCUT2D eigenvalue weighted by Gasteiger charge is 2.15. The van der Waals surface area contributed by atoms with Gasteiger partial charge in [0, 0.05) is 6.20 Å². The van der Waals surface area contributed by atoms with Crippen molar-refractivity contribution in [3.05, 3.63) is 59.4 Å². The van der Waals surface area contributed by atoms with Gasteiger partial charge in [0.25, 0.3) is 11.8 Å². The molecule has 0 aliphatic rings. The zero-order valence-corrected chi connectivity index (χ0v) is 13.8. The molecule has 2 rings (SSSR count). The summed E-state index contributed by atoms with van der Waals surface area (Å²) in [4.78, 5) is 39.3. The SMILES string of the molecule is CCCCOC(=O)c1ccccc1NC(=O)c1ccc(C(N)=O)nc1. The van der Waals surface area contributed by atoms with Crippen molar-refractivity contribution >= 4 is 23.5 Å². The molecule has 0 unspecified atom stereocenters. The summed E-state index contributed by atoms with van der Waals surface area (Å²) >= 11 is 0. The van der Waals surface area contributed by atoms with E-state index >= 15 is 0 Å². The molecule has 3 N–H and O–H groups in total. The van der Waals surface area contributed by atoms with Crippen LogP contribution in [0, 0.1) is 0 Å². The Balaban J connectivity index is 2.12. The first kappa shape index (κ1) is 18.1. The largest absolute Gasteiger partial charge is 0.462 e.